The molecule has 1 atom stereocenters. The van der Waals surface area contributed by atoms with Crippen LogP contribution in [0.25, 0.3) is 0 Å². The number of hydrogen-bond acceptors (Lipinski definition) is 3. The molecule has 0 fully saturated rings. The van der Waals surface area contributed by atoms with E-state index < -0.39 is 0 Å². The average Bonchev–Trinajstić information content (AvgIpc) is 2.56. The molecule has 2 aromatic rings. The molecule has 108 valence electrons. The fourth-order valence-corrected chi connectivity index (χ4v) is 2.21. The van der Waals surface area contributed by atoms with Gasteiger partial charge in [0, 0.05) is 6.54 Å². The molecule has 0 aliphatic rings. The molecule has 0 radical (unpaired) electrons. The maximum absolute atomic E-state index is 9.56. The van der Waals surface area contributed by atoms with Gasteiger partial charge in [-0.25, -0.2) is 0 Å². The minimum atomic E-state index is -0.0773. The Labute approximate surface area is 125 Å². The molecule has 21 heavy (non-hydrogen) atoms. The molecule has 0 heterocycles. The second-order valence-electron chi connectivity index (χ2n) is 5.02. The Morgan fingerprint density at radius 3 is 2.19 bits per heavy atom. The van der Waals surface area contributed by atoms with Crippen molar-refractivity contribution < 1.29 is 5.11 Å². The standard InChI is InChI=1S/C18H20N2O/c1-2-14-7-9-17(10-8-14)18(13-21)20-12-16-5-3-15(11-19)4-6-16/h3-10,18,20-21H,2,12-13H2,1H3. The number of nitriles is 1. The molecule has 0 saturated carbocycles. The van der Waals surface area contributed by atoms with Crippen molar-refractivity contribution in [2.24, 2.45) is 0 Å². The Bertz CT molecular complexity index is 597. The Balaban J connectivity index is 1.99. The lowest BCUT2D eigenvalue weighted by molar-refractivity contribution is 0.243. The quantitative estimate of drug-likeness (QED) is 0.855. The van der Waals surface area contributed by atoms with Crippen LogP contribution in [0, 0.1) is 11.3 Å². The highest BCUT2D eigenvalue weighted by Crippen LogP contribution is 2.15. The third-order valence-corrected chi connectivity index (χ3v) is 3.61. The summed E-state index contributed by atoms with van der Waals surface area (Å²) >= 11 is 0. The van der Waals surface area contributed by atoms with Crippen LogP contribution >= 0.6 is 0 Å². The van der Waals surface area contributed by atoms with E-state index in [-0.39, 0.29) is 12.6 Å². The van der Waals surface area contributed by atoms with Gasteiger partial charge in [0.25, 0.3) is 0 Å². The van der Waals surface area contributed by atoms with E-state index in [1.807, 2.05) is 12.1 Å². The predicted octanol–water partition coefficient (Wildman–Crippen LogP) is 2.94. The van der Waals surface area contributed by atoms with Crippen molar-refractivity contribution in [3.63, 3.8) is 0 Å². The summed E-state index contributed by atoms with van der Waals surface area (Å²) < 4.78 is 0. The molecule has 3 heteroatoms. The molecule has 0 saturated heterocycles. The summed E-state index contributed by atoms with van der Waals surface area (Å²) in [6, 6.07) is 17.8. The second-order valence-corrected chi connectivity index (χ2v) is 5.02. The zero-order valence-corrected chi connectivity index (χ0v) is 12.2. The molecular formula is C18H20N2O. The van der Waals surface area contributed by atoms with Crippen molar-refractivity contribution >= 4 is 0 Å². The number of nitrogens with one attached hydrogen (secondary N) is 1. The van der Waals surface area contributed by atoms with Crippen LogP contribution in [-0.2, 0) is 13.0 Å². The Morgan fingerprint density at radius 1 is 1.05 bits per heavy atom. The lowest BCUT2D eigenvalue weighted by atomic mass is 10.0. The smallest absolute Gasteiger partial charge is 0.0991 e. The topological polar surface area (TPSA) is 56.0 Å². The molecule has 2 rings (SSSR count). The molecular weight excluding hydrogens is 260 g/mol. The number of rotatable bonds is 6. The first-order valence-corrected chi connectivity index (χ1v) is 7.19. The van der Waals surface area contributed by atoms with Gasteiger partial charge in [0.15, 0.2) is 0 Å². The van der Waals surface area contributed by atoms with Gasteiger partial charge in [-0.15, -0.1) is 0 Å². The normalized spacial score (nSPS) is 11.9. The van der Waals surface area contributed by atoms with Crippen molar-refractivity contribution in [1.29, 1.82) is 5.26 Å². The van der Waals surface area contributed by atoms with E-state index >= 15 is 0 Å². The van der Waals surface area contributed by atoms with Crippen molar-refractivity contribution in [3.05, 3.63) is 70.8 Å². The van der Waals surface area contributed by atoms with E-state index in [0.29, 0.717) is 12.1 Å². The van der Waals surface area contributed by atoms with Gasteiger partial charge < -0.3 is 10.4 Å². The van der Waals surface area contributed by atoms with Crippen molar-refractivity contribution in [3.8, 4) is 6.07 Å². The molecule has 0 spiro atoms. The van der Waals surface area contributed by atoms with Gasteiger partial charge in [-0.05, 0) is 35.2 Å². The van der Waals surface area contributed by atoms with E-state index in [1.54, 1.807) is 12.1 Å². The summed E-state index contributed by atoms with van der Waals surface area (Å²) in [5.41, 5.74) is 4.14. The molecule has 0 amide bonds. The number of aryl methyl sites for hydroxylation is 1. The molecule has 1 unspecified atom stereocenters. The fraction of sp³-hybridized carbons (Fsp3) is 0.278. The van der Waals surface area contributed by atoms with Crippen molar-refractivity contribution in [1.82, 2.24) is 5.32 Å². The van der Waals surface area contributed by atoms with E-state index in [1.165, 1.54) is 5.56 Å². The van der Waals surface area contributed by atoms with Crippen LogP contribution in [0.4, 0.5) is 0 Å². The SMILES string of the molecule is CCc1ccc(C(CO)NCc2ccc(C#N)cc2)cc1. The van der Waals surface area contributed by atoms with Gasteiger partial charge in [0.2, 0.25) is 0 Å². The zero-order valence-electron chi connectivity index (χ0n) is 12.2. The van der Waals surface area contributed by atoms with Crippen molar-refractivity contribution in [2.45, 2.75) is 25.9 Å². The van der Waals surface area contributed by atoms with Gasteiger partial charge in [-0.1, -0.05) is 43.3 Å². The highest BCUT2D eigenvalue weighted by atomic mass is 16.3. The van der Waals surface area contributed by atoms with Crippen LogP contribution in [0.15, 0.2) is 48.5 Å². The predicted molar refractivity (Wildman–Crippen MR) is 83.6 cm³/mol. The summed E-state index contributed by atoms with van der Waals surface area (Å²) in [5, 5.41) is 21.7. The average molecular weight is 280 g/mol. The van der Waals surface area contributed by atoms with Gasteiger partial charge in [-0.3, -0.25) is 0 Å². The summed E-state index contributed by atoms with van der Waals surface area (Å²) in [5.74, 6) is 0. The lowest BCUT2D eigenvalue weighted by Crippen LogP contribution is -2.24. The van der Waals surface area contributed by atoms with E-state index in [2.05, 4.69) is 42.6 Å². The minimum absolute atomic E-state index is 0.0573. The third kappa shape index (κ3) is 4.16. The molecule has 0 aliphatic heterocycles. The maximum Gasteiger partial charge on any atom is 0.0991 e. The molecule has 0 aromatic heterocycles. The van der Waals surface area contributed by atoms with Crippen LogP contribution in [0.5, 0.6) is 0 Å². The molecule has 2 aromatic carbocycles. The number of hydrogen-bond donors (Lipinski definition) is 2. The van der Waals surface area contributed by atoms with E-state index in [4.69, 9.17) is 5.26 Å². The monoisotopic (exact) mass is 280 g/mol. The fourth-order valence-electron chi connectivity index (χ4n) is 2.21. The molecule has 2 N–H and O–H groups in total. The summed E-state index contributed by atoms with van der Waals surface area (Å²) in [7, 11) is 0. The molecule has 3 nitrogen and oxygen atoms in total. The van der Waals surface area contributed by atoms with Crippen LogP contribution in [0.2, 0.25) is 0 Å². The van der Waals surface area contributed by atoms with Gasteiger partial charge in [-0.2, -0.15) is 5.26 Å². The number of benzene rings is 2. The number of aliphatic hydroxyl groups excluding tert-OH is 1. The van der Waals surface area contributed by atoms with Crippen LogP contribution in [0.1, 0.15) is 35.2 Å². The first-order valence-electron chi connectivity index (χ1n) is 7.19. The first kappa shape index (κ1) is 15.2. The Kier molecular flexibility index (Phi) is 5.51. The maximum atomic E-state index is 9.56. The molecule has 0 bridgehead atoms. The van der Waals surface area contributed by atoms with Crippen LogP contribution in [0.3, 0.4) is 0 Å². The largest absolute Gasteiger partial charge is 0.394 e. The van der Waals surface area contributed by atoms with Gasteiger partial charge in [0.1, 0.15) is 0 Å². The summed E-state index contributed by atoms with van der Waals surface area (Å²) in [6.07, 6.45) is 1.02. The Morgan fingerprint density at radius 2 is 1.67 bits per heavy atom. The molecule has 0 aliphatic carbocycles. The highest BCUT2D eigenvalue weighted by molar-refractivity contribution is 5.31. The number of aliphatic hydroxyl groups is 1. The van der Waals surface area contributed by atoms with E-state index in [9.17, 15) is 5.11 Å². The number of nitrogens with zero attached hydrogens (tertiary/aromatic N) is 1. The van der Waals surface area contributed by atoms with E-state index in [0.717, 1.165) is 17.5 Å². The first-order chi connectivity index (χ1) is 10.3. The van der Waals surface area contributed by atoms with Crippen molar-refractivity contribution in [2.75, 3.05) is 6.61 Å². The van der Waals surface area contributed by atoms with Crippen LogP contribution in [-0.4, -0.2) is 11.7 Å². The lowest BCUT2D eigenvalue weighted by Gasteiger charge is -2.17. The van der Waals surface area contributed by atoms with Gasteiger partial charge in [0.05, 0.1) is 24.3 Å². The highest BCUT2D eigenvalue weighted by Gasteiger charge is 2.09. The van der Waals surface area contributed by atoms with Crippen LogP contribution < -0.4 is 5.32 Å². The van der Waals surface area contributed by atoms with Gasteiger partial charge >= 0.3 is 0 Å². The Hall–Kier alpha value is -2.15. The second kappa shape index (κ2) is 7.58. The third-order valence-electron chi connectivity index (χ3n) is 3.61. The zero-order chi connectivity index (χ0) is 15.1. The minimum Gasteiger partial charge on any atom is -0.394 e. The summed E-state index contributed by atoms with van der Waals surface area (Å²) in [6.45, 7) is 2.84. The summed E-state index contributed by atoms with van der Waals surface area (Å²) in [4.78, 5) is 0.